The molecule has 0 aromatic heterocycles. The van der Waals surface area contributed by atoms with Crippen molar-refractivity contribution in [3.05, 3.63) is 59.4 Å². The van der Waals surface area contributed by atoms with E-state index in [1.165, 1.54) is 24.1 Å². The molecule has 0 saturated carbocycles. The molecular weight excluding hydrogens is 399 g/mol. The number of amides is 1. The first kappa shape index (κ1) is 20.2. The van der Waals surface area contributed by atoms with E-state index in [9.17, 15) is 18.0 Å². The first-order chi connectivity index (χ1) is 14.2. The zero-order valence-electron chi connectivity index (χ0n) is 16.3. The number of hydrogen-bond donors (Lipinski definition) is 2. The van der Waals surface area contributed by atoms with Crippen molar-refractivity contribution in [3.8, 4) is 11.5 Å². The monoisotopic (exact) mass is 419 g/mol. The van der Waals surface area contributed by atoms with Crippen LogP contribution in [0.25, 0.3) is 0 Å². The number of benzene rings is 2. The quantitative estimate of drug-likeness (QED) is 0.799. The fourth-order valence-electron chi connectivity index (χ4n) is 3.97. The summed E-state index contributed by atoms with van der Waals surface area (Å²) in [5.41, 5.74) is -1.27. The van der Waals surface area contributed by atoms with E-state index in [4.69, 9.17) is 14.9 Å². The molecule has 158 valence electrons. The van der Waals surface area contributed by atoms with Crippen molar-refractivity contribution >= 4 is 11.9 Å². The lowest BCUT2D eigenvalue weighted by atomic mass is 9.72. The van der Waals surface area contributed by atoms with Crippen LogP contribution < -0.4 is 10.1 Å². The number of guanidine groups is 1. The van der Waals surface area contributed by atoms with Gasteiger partial charge in [0.15, 0.2) is 17.5 Å². The van der Waals surface area contributed by atoms with Crippen molar-refractivity contribution in [1.82, 2.24) is 10.2 Å². The highest BCUT2D eigenvalue weighted by molar-refractivity contribution is 6.00. The predicted molar refractivity (Wildman–Crippen MR) is 102 cm³/mol. The Kier molecular flexibility index (Phi) is 4.93. The molecule has 0 bridgehead atoms. The van der Waals surface area contributed by atoms with Gasteiger partial charge in [0.1, 0.15) is 22.9 Å². The Morgan fingerprint density at radius 3 is 2.70 bits per heavy atom. The standard InChI is InChI=1S/C21H20F3N3O3/c1-11-7-15-19(28)27(2)20(25)26-21(15,10-29-11)14-9-13(4-6-16(14)23)30-18-8-12(22)3-5-17(18)24/h3-6,8-9,11,15H,7,10H2,1-2H3,(H2,25,26)/t11-,15-,21+/m0/s1. The largest absolute Gasteiger partial charge is 0.454 e. The molecular formula is C21H20F3N3O3. The predicted octanol–water partition coefficient (Wildman–Crippen LogP) is 3.51. The highest BCUT2D eigenvalue weighted by atomic mass is 19.1. The number of carbonyl (C=O) groups is 1. The van der Waals surface area contributed by atoms with E-state index in [1.54, 1.807) is 0 Å². The second kappa shape index (κ2) is 7.32. The molecule has 2 saturated heterocycles. The second-order valence-electron chi connectivity index (χ2n) is 7.57. The van der Waals surface area contributed by atoms with Crippen molar-refractivity contribution in [2.45, 2.75) is 25.0 Å². The van der Waals surface area contributed by atoms with Gasteiger partial charge in [0, 0.05) is 18.7 Å². The van der Waals surface area contributed by atoms with Gasteiger partial charge in [-0.05, 0) is 43.7 Å². The van der Waals surface area contributed by atoms with E-state index in [1.807, 2.05) is 6.92 Å². The zero-order valence-corrected chi connectivity index (χ0v) is 16.3. The van der Waals surface area contributed by atoms with Gasteiger partial charge in [-0.15, -0.1) is 0 Å². The number of hydrogen-bond acceptors (Lipinski definition) is 4. The van der Waals surface area contributed by atoms with Crippen molar-refractivity contribution in [2.24, 2.45) is 5.92 Å². The summed E-state index contributed by atoms with van der Waals surface area (Å²) in [5.74, 6) is -3.58. The van der Waals surface area contributed by atoms with Gasteiger partial charge in [-0.2, -0.15) is 0 Å². The maximum Gasteiger partial charge on any atom is 0.235 e. The molecule has 4 rings (SSSR count). The topological polar surface area (TPSA) is 74.7 Å². The molecule has 2 N–H and O–H groups in total. The Bertz CT molecular complexity index is 1030. The molecule has 2 aliphatic heterocycles. The number of nitrogens with one attached hydrogen (secondary N) is 2. The maximum atomic E-state index is 15.0. The fraction of sp³-hybridized carbons (Fsp3) is 0.333. The Balaban J connectivity index is 1.78. The van der Waals surface area contributed by atoms with Crippen molar-refractivity contribution < 1.29 is 27.4 Å². The number of rotatable bonds is 3. The van der Waals surface area contributed by atoms with Crippen LogP contribution in [0.15, 0.2) is 36.4 Å². The molecule has 9 heteroatoms. The Hall–Kier alpha value is -3.07. The highest BCUT2D eigenvalue weighted by Crippen LogP contribution is 2.43. The Morgan fingerprint density at radius 1 is 1.20 bits per heavy atom. The number of carbonyl (C=O) groups excluding carboxylic acids is 1. The molecule has 0 unspecified atom stereocenters. The third-order valence-corrected chi connectivity index (χ3v) is 5.60. The minimum atomic E-state index is -1.32. The van der Waals surface area contributed by atoms with Crippen molar-refractivity contribution in [3.63, 3.8) is 0 Å². The highest BCUT2D eigenvalue weighted by Gasteiger charge is 2.54. The van der Waals surface area contributed by atoms with E-state index in [0.717, 1.165) is 24.3 Å². The van der Waals surface area contributed by atoms with E-state index in [0.29, 0.717) is 6.42 Å². The molecule has 1 amide bonds. The third-order valence-electron chi connectivity index (χ3n) is 5.60. The first-order valence-corrected chi connectivity index (χ1v) is 9.40. The van der Waals surface area contributed by atoms with Gasteiger partial charge in [0.25, 0.3) is 0 Å². The van der Waals surface area contributed by atoms with E-state index in [2.05, 4.69) is 5.32 Å². The zero-order chi connectivity index (χ0) is 21.6. The summed E-state index contributed by atoms with van der Waals surface area (Å²) >= 11 is 0. The lowest BCUT2D eigenvalue weighted by Gasteiger charge is -2.51. The molecule has 0 radical (unpaired) electrons. The van der Waals surface area contributed by atoms with Gasteiger partial charge >= 0.3 is 0 Å². The van der Waals surface area contributed by atoms with Crippen LogP contribution in [0.3, 0.4) is 0 Å². The van der Waals surface area contributed by atoms with Crippen LogP contribution in [-0.4, -0.2) is 36.5 Å². The van der Waals surface area contributed by atoms with E-state index in [-0.39, 0.29) is 41.6 Å². The average molecular weight is 419 g/mol. The molecule has 2 aliphatic rings. The van der Waals surface area contributed by atoms with Crippen LogP contribution in [0.2, 0.25) is 0 Å². The molecule has 2 fully saturated rings. The Labute approximate surface area is 171 Å². The van der Waals surface area contributed by atoms with E-state index >= 15 is 0 Å². The van der Waals surface area contributed by atoms with E-state index < -0.39 is 28.9 Å². The van der Waals surface area contributed by atoms with Crippen LogP contribution in [0.4, 0.5) is 13.2 Å². The molecule has 0 spiro atoms. The molecule has 0 aliphatic carbocycles. The summed E-state index contributed by atoms with van der Waals surface area (Å²) in [6.07, 6.45) is 0.102. The molecule has 2 aromatic rings. The van der Waals surface area contributed by atoms with Crippen LogP contribution >= 0.6 is 0 Å². The summed E-state index contributed by atoms with van der Waals surface area (Å²) in [6, 6.07) is 6.51. The van der Waals surface area contributed by atoms with Gasteiger partial charge in [0.05, 0.1) is 18.6 Å². The lowest BCUT2D eigenvalue weighted by molar-refractivity contribution is -0.148. The van der Waals surface area contributed by atoms with Gasteiger partial charge in [-0.25, -0.2) is 13.2 Å². The Morgan fingerprint density at radius 2 is 1.93 bits per heavy atom. The van der Waals surface area contributed by atoms with Crippen LogP contribution in [-0.2, 0) is 15.1 Å². The van der Waals surface area contributed by atoms with Crippen LogP contribution in [0.1, 0.15) is 18.9 Å². The average Bonchev–Trinajstić information content (AvgIpc) is 2.71. The first-order valence-electron chi connectivity index (χ1n) is 9.40. The van der Waals surface area contributed by atoms with Gasteiger partial charge in [-0.3, -0.25) is 15.1 Å². The lowest BCUT2D eigenvalue weighted by Crippen LogP contribution is -2.69. The van der Waals surface area contributed by atoms with Gasteiger partial charge in [0.2, 0.25) is 5.91 Å². The molecule has 6 nitrogen and oxygen atoms in total. The summed E-state index contributed by atoms with van der Waals surface area (Å²) < 4.78 is 53.6. The van der Waals surface area contributed by atoms with Crippen LogP contribution in [0, 0.1) is 28.8 Å². The summed E-state index contributed by atoms with van der Waals surface area (Å²) in [4.78, 5) is 14.1. The number of fused-ring (bicyclic) bond motifs is 1. The summed E-state index contributed by atoms with van der Waals surface area (Å²) in [7, 11) is 1.48. The van der Waals surface area contributed by atoms with Gasteiger partial charge < -0.3 is 14.8 Å². The summed E-state index contributed by atoms with van der Waals surface area (Å²) in [5, 5.41) is 11.1. The van der Waals surface area contributed by atoms with Gasteiger partial charge in [-0.1, -0.05) is 0 Å². The fourth-order valence-corrected chi connectivity index (χ4v) is 3.97. The maximum absolute atomic E-state index is 15.0. The second-order valence-corrected chi connectivity index (χ2v) is 7.57. The van der Waals surface area contributed by atoms with Crippen molar-refractivity contribution in [2.75, 3.05) is 13.7 Å². The SMILES string of the molecule is C[C@H]1C[C@H]2C(=O)N(C)C(=N)N[C@@]2(c2cc(Oc3cc(F)ccc3F)ccc2F)CO1. The smallest absolute Gasteiger partial charge is 0.235 e. The minimum Gasteiger partial charge on any atom is -0.454 e. The molecule has 2 aromatic carbocycles. The molecule has 30 heavy (non-hydrogen) atoms. The normalized spacial score (nSPS) is 26.2. The molecule has 3 atom stereocenters. The third kappa shape index (κ3) is 3.28. The minimum absolute atomic E-state index is 0.0461. The number of ether oxygens (including phenoxy) is 2. The number of halogens is 3. The number of nitrogens with zero attached hydrogens (tertiary/aromatic N) is 1. The van der Waals surface area contributed by atoms with Crippen molar-refractivity contribution in [1.29, 1.82) is 5.41 Å². The van der Waals surface area contributed by atoms with Crippen LogP contribution in [0.5, 0.6) is 11.5 Å². The summed E-state index contributed by atoms with van der Waals surface area (Å²) in [6.45, 7) is 1.77. The molecule has 2 heterocycles.